The van der Waals surface area contributed by atoms with Crippen LogP contribution in [0.3, 0.4) is 0 Å². The van der Waals surface area contributed by atoms with E-state index < -0.39 is 0 Å². The number of rotatable bonds is 1. The molecule has 0 bridgehead atoms. The zero-order valence-corrected chi connectivity index (χ0v) is 10.2. The van der Waals surface area contributed by atoms with E-state index in [0.29, 0.717) is 10.9 Å². The van der Waals surface area contributed by atoms with E-state index in [4.69, 9.17) is 0 Å². The second-order valence-corrected chi connectivity index (χ2v) is 5.90. The highest BCUT2D eigenvalue weighted by Gasteiger charge is 2.06. The molecule has 0 atom stereocenters. The summed E-state index contributed by atoms with van der Waals surface area (Å²) < 4.78 is 13.3. The van der Waals surface area contributed by atoms with Crippen LogP contribution in [0, 0.1) is 5.82 Å². The zero-order chi connectivity index (χ0) is 10.1. The van der Waals surface area contributed by atoms with Crippen molar-refractivity contribution in [2.24, 2.45) is 0 Å². The third kappa shape index (κ3) is 1.81. The molecule has 0 amide bonds. The SMILES string of the molecule is Fc1cccc2nc(C(Br)Br)ccc12. The molecule has 2 aromatic rings. The molecular formula is C10H6Br2FN. The molecule has 0 aliphatic rings. The molecule has 1 heterocycles. The summed E-state index contributed by atoms with van der Waals surface area (Å²) in [5, 5.41) is 0.553. The number of benzene rings is 1. The number of hydrogen-bond acceptors (Lipinski definition) is 1. The average molecular weight is 319 g/mol. The van der Waals surface area contributed by atoms with Gasteiger partial charge in [0.1, 0.15) is 9.55 Å². The maximum absolute atomic E-state index is 13.3. The molecule has 0 spiro atoms. The summed E-state index contributed by atoms with van der Waals surface area (Å²) in [7, 11) is 0. The Balaban J connectivity index is 2.67. The molecule has 0 radical (unpaired) electrons. The van der Waals surface area contributed by atoms with Crippen LogP contribution in [-0.4, -0.2) is 4.98 Å². The van der Waals surface area contributed by atoms with Crippen LogP contribution in [0.15, 0.2) is 30.3 Å². The monoisotopic (exact) mass is 317 g/mol. The highest BCUT2D eigenvalue weighted by molar-refractivity contribution is 9.24. The minimum absolute atomic E-state index is 0.00247. The van der Waals surface area contributed by atoms with Crippen molar-refractivity contribution >= 4 is 42.8 Å². The normalized spacial score (nSPS) is 11.1. The smallest absolute Gasteiger partial charge is 0.132 e. The Morgan fingerprint density at radius 1 is 1.14 bits per heavy atom. The number of alkyl halides is 2. The van der Waals surface area contributed by atoms with Crippen molar-refractivity contribution in [2.75, 3.05) is 0 Å². The first-order valence-corrected chi connectivity index (χ1v) is 5.85. The Morgan fingerprint density at radius 3 is 2.64 bits per heavy atom. The van der Waals surface area contributed by atoms with E-state index in [1.54, 1.807) is 24.3 Å². The molecule has 1 aromatic heterocycles. The number of fused-ring (bicyclic) bond motifs is 1. The highest BCUT2D eigenvalue weighted by Crippen LogP contribution is 2.29. The van der Waals surface area contributed by atoms with E-state index >= 15 is 0 Å². The first kappa shape index (κ1) is 10.1. The summed E-state index contributed by atoms with van der Waals surface area (Å²) in [6.07, 6.45) is 0. The largest absolute Gasteiger partial charge is 0.251 e. The summed E-state index contributed by atoms with van der Waals surface area (Å²) >= 11 is 6.69. The van der Waals surface area contributed by atoms with Crippen molar-refractivity contribution in [2.45, 2.75) is 3.74 Å². The number of halogens is 3. The van der Waals surface area contributed by atoms with Crippen molar-refractivity contribution in [3.05, 3.63) is 41.8 Å². The molecule has 72 valence electrons. The first-order valence-electron chi connectivity index (χ1n) is 4.02. The fraction of sp³-hybridized carbons (Fsp3) is 0.100. The second kappa shape index (κ2) is 3.95. The molecule has 0 N–H and O–H groups in total. The molecule has 2 rings (SSSR count). The van der Waals surface area contributed by atoms with Crippen LogP contribution < -0.4 is 0 Å². The standard InChI is InChI=1S/C10H6Br2FN/c11-10(12)9-5-4-6-7(13)2-1-3-8(6)14-9/h1-5,10H. The van der Waals surface area contributed by atoms with E-state index in [1.807, 2.05) is 0 Å². The lowest BCUT2D eigenvalue weighted by Gasteiger charge is -2.03. The van der Waals surface area contributed by atoms with E-state index in [-0.39, 0.29) is 9.55 Å². The van der Waals surface area contributed by atoms with Crippen molar-refractivity contribution in [1.82, 2.24) is 4.98 Å². The maximum Gasteiger partial charge on any atom is 0.132 e. The molecule has 1 nitrogen and oxygen atoms in total. The number of nitrogens with zero attached hydrogens (tertiary/aromatic N) is 1. The van der Waals surface area contributed by atoms with Gasteiger partial charge >= 0.3 is 0 Å². The van der Waals surface area contributed by atoms with Gasteiger partial charge < -0.3 is 0 Å². The Kier molecular flexibility index (Phi) is 2.83. The lowest BCUT2D eigenvalue weighted by atomic mass is 10.2. The molecule has 4 heteroatoms. The van der Waals surface area contributed by atoms with Crippen molar-refractivity contribution < 1.29 is 4.39 Å². The van der Waals surface area contributed by atoms with E-state index in [1.165, 1.54) is 6.07 Å². The fourth-order valence-corrected chi connectivity index (χ4v) is 1.76. The quantitative estimate of drug-likeness (QED) is 0.719. The van der Waals surface area contributed by atoms with Gasteiger partial charge in [-0.15, -0.1) is 0 Å². The van der Waals surface area contributed by atoms with Crippen LogP contribution >= 0.6 is 31.9 Å². The summed E-state index contributed by atoms with van der Waals surface area (Å²) in [4.78, 5) is 4.30. The summed E-state index contributed by atoms with van der Waals surface area (Å²) in [6.45, 7) is 0. The van der Waals surface area contributed by atoms with Crippen molar-refractivity contribution in [3.8, 4) is 0 Å². The molecule has 0 fully saturated rings. The lowest BCUT2D eigenvalue weighted by molar-refractivity contribution is 0.639. The summed E-state index contributed by atoms with van der Waals surface area (Å²) in [5.74, 6) is -0.234. The number of aromatic nitrogens is 1. The highest BCUT2D eigenvalue weighted by atomic mass is 79.9. The van der Waals surface area contributed by atoms with Crippen LogP contribution in [0.4, 0.5) is 4.39 Å². The van der Waals surface area contributed by atoms with Gasteiger partial charge in [0, 0.05) is 5.39 Å². The van der Waals surface area contributed by atoms with Crippen LogP contribution in [0.2, 0.25) is 0 Å². The van der Waals surface area contributed by atoms with Gasteiger partial charge in [0.05, 0.1) is 11.2 Å². The molecular weight excluding hydrogens is 313 g/mol. The Labute approximate surface area is 97.6 Å². The predicted molar refractivity (Wildman–Crippen MR) is 62.3 cm³/mol. The lowest BCUT2D eigenvalue weighted by Crippen LogP contribution is -1.89. The van der Waals surface area contributed by atoms with Gasteiger partial charge in [-0.2, -0.15) is 0 Å². The zero-order valence-electron chi connectivity index (χ0n) is 7.05. The summed E-state index contributed by atoms with van der Waals surface area (Å²) in [5.41, 5.74) is 1.51. The van der Waals surface area contributed by atoms with E-state index in [2.05, 4.69) is 36.8 Å². The van der Waals surface area contributed by atoms with Crippen LogP contribution in [0.1, 0.15) is 9.43 Å². The van der Waals surface area contributed by atoms with Crippen LogP contribution in [0.25, 0.3) is 10.9 Å². The molecule has 14 heavy (non-hydrogen) atoms. The minimum atomic E-state index is -0.234. The summed E-state index contributed by atoms with van der Waals surface area (Å²) in [6, 6.07) is 8.42. The predicted octanol–water partition coefficient (Wildman–Crippen LogP) is 4.16. The van der Waals surface area contributed by atoms with E-state index in [0.717, 1.165) is 5.69 Å². The fourth-order valence-electron chi connectivity index (χ4n) is 1.25. The van der Waals surface area contributed by atoms with Gasteiger partial charge in [-0.05, 0) is 24.3 Å². The van der Waals surface area contributed by atoms with Gasteiger partial charge in [0.2, 0.25) is 0 Å². The van der Waals surface area contributed by atoms with Crippen molar-refractivity contribution in [1.29, 1.82) is 0 Å². The second-order valence-electron chi connectivity index (χ2n) is 2.84. The Hall–Kier alpha value is -0.480. The van der Waals surface area contributed by atoms with Gasteiger partial charge in [-0.3, -0.25) is 4.98 Å². The topological polar surface area (TPSA) is 12.9 Å². The Bertz CT molecular complexity index is 471. The molecule has 0 unspecified atom stereocenters. The van der Waals surface area contributed by atoms with E-state index in [9.17, 15) is 4.39 Å². The van der Waals surface area contributed by atoms with Crippen LogP contribution in [0.5, 0.6) is 0 Å². The number of pyridine rings is 1. The third-order valence-electron chi connectivity index (χ3n) is 1.92. The molecule has 0 saturated heterocycles. The average Bonchev–Trinajstić information content (AvgIpc) is 2.17. The third-order valence-corrected chi connectivity index (χ3v) is 2.86. The van der Waals surface area contributed by atoms with Crippen molar-refractivity contribution in [3.63, 3.8) is 0 Å². The molecule has 0 aliphatic heterocycles. The van der Waals surface area contributed by atoms with Gasteiger partial charge in [0.25, 0.3) is 0 Å². The number of hydrogen-bond donors (Lipinski definition) is 0. The Morgan fingerprint density at radius 2 is 1.93 bits per heavy atom. The molecule has 1 aromatic carbocycles. The van der Waals surface area contributed by atoms with Gasteiger partial charge in [0.15, 0.2) is 0 Å². The minimum Gasteiger partial charge on any atom is -0.251 e. The van der Waals surface area contributed by atoms with Gasteiger partial charge in [-0.1, -0.05) is 37.9 Å². The molecule has 0 aliphatic carbocycles. The molecule has 0 saturated carbocycles. The maximum atomic E-state index is 13.3. The first-order chi connectivity index (χ1) is 6.68. The van der Waals surface area contributed by atoms with Gasteiger partial charge in [-0.25, -0.2) is 4.39 Å². The van der Waals surface area contributed by atoms with Crippen LogP contribution in [-0.2, 0) is 0 Å².